The Labute approximate surface area is 528 Å². The number of halogens is 1. The maximum Gasteiger partial charge on any atom is 0.410 e. The molecule has 0 aromatic heterocycles. The molecule has 0 fully saturated rings. The summed E-state index contributed by atoms with van der Waals surface area (Å²) in [7, 11) is 0. The van der Waals surface area contributed by atoms with Gasteiger partial charge in [0.05, 0.1) is 0 Å². The first kappa shape index (κ1) is 91.0. The van der Waals surface area contributed by atoms with Crippen molar-refractivity contribution in [1.82, 2.24) is 9.80 Å². The van der Waals surface area contributed by atoms with Gasteiger partial charge in [-0.3, -0.25) is 19.2 Å². The van der Waals surface area contributed by atoms with Crippen molar-refractivity contribution in [3.8, 4) is 0 Å². The highest BCUT2D eigenvalue weighted by Gasteiger charge is 2.21. The van der Waals surface area contributed by atoms with Crippen molar-refractivity contribution in [2.45, 2.75) is 222 Å². The summed E-state index contributed by atoms with van der Waals surface area (Å²) in [5.74, 6) is -0.791. The summed E-state index contributed by atoms with van der Waals surface area (Å²) in [5.41, 5.74) is 5.06. The number of nitrogens with zero attached hydrogens (tertiary/aromatic N) is 2. The van der Waals surface area contributed by atoms with E-state index in [-0.39, 0.29) is 122 Å². The van der Waals surface area contributed by atoms with Crippen molar-refractivity contribution < 1.29 is 77.6 Å². The smallest absolute Gasteiger partial charge is 0.410 e. The number of amides is 2. The average Bonchev–Trinajstić information content (AvgIpc) is 3.37. The Morgan fingerprint density at radius 1 is 0.417 bits per heavy atom. The molecule has 0 saturated carbocycles. The zero-order chi connectivity index (χ0) is 62.2. The normalized spacial score (nSPS) is 10.6. The second kappa shape index (κ2) is 55.4. The monoisotopic (exact) mass is 1300 g/mol. The number of benzene rings is 2. The van der Waals surface area contributed by atoms with Crippen LogP contribution in [0, 0.1) is 0 Å². The van der Waals surface area contributed by atoms with Crippen molar-refractivity contribution in [2.24, 2.45) is 5.73 Å². The lowest BCUT2D eigenvalue weighted by Gasteiger charge is -2.23. The minimum Gasteiger partial charge on any atom is -0.460 e. The standard InChI is InChI=1S/2C19H29NO5.C12H24O3.C8H15BrO2.C3H9NO.CH4.2H2S/c2*1-19(2,3)25-17(22)11-7-12-20(13-8-14-21)18(23)24-15-16-9-5-4-6-10-16;1-12(2,3)15-11(14)9-7-5-4-6-8-10-13;1-8(2,3)11-7(10)5-4-6-9;4-2-1-3-5;;;/h2*4-6,9-10,21H,7-8,11-15H2,1-3H3;13H,4-10H2,1-3H3;4-6H2,1-3H3;5H,1-4H2;1H4;2*1H2. The summed E-state index contributed by atoms with van der Waals surface area (Å²) in [6, 6.07) is 18.9. The quantitative estimate of drug-likeness (QED) is 0.0210. The number of nitrogens with two attached hydrogens (primary N) is 1. The third-order valence-electron chi connectivity index (χ3n) is 9.81. The van der Waals surface area contributed by atoms with Gasteiger partial charge >= 0.3 is 36.1 Å². The van der Waals surface area contributed by atoms with Crippen LogP contribution in [0.25, 0.3) is 0 Å². The molecule has 0 unspecified atom stereocenters. The van der Waals surface area contributed by atoms with Gasteiger partial charge in [0, 0.05) is 83.6 Å². The fraction of sp³-hybridized carbons (Fsp3) is 0.710. The molecule has 0 spiro atoms. The Balaban J connectivity index is -0.000000241. The highest BCUT2D eigenvalue weighted by Crippen LogP contribution is 2.15. The van der Waals surface area contributed by atoms with E-state index in [1.54, 1.807) is 0 Å². The van der Waals surface area contributed by atoms with Gasteiger partial charge in [-0.2, -0.15) is 27.0 Å². The van der Waals surface area contributed by atoms with E-state index in [0.717, 1.165) is 61.4 Å². The second-order valence-corrected chi connectivity index (χ2v) is 23.5. The number of ether oxygens (including phenoxy) is 6. The zero-order valence-corrected chi connectivity index (χ0v) is 56.0. The van der Waals surface area contributed by atoms with E-state index in [1.807, 2.05) is 144 Å². The Morgan fingerprint density at radius 3 is 0.964 bits per heavy atom. The number of aliphatic hydroxyl groups excluding tert-OH is 4. The van der Waals surface area contributed by atoms with E-state index in [1.165, 1.54) is 9.80 Å². The molecule has 2 aromatic carbocycles. The molecule has 0 bridgehead atoms. The molecule has 84 heavy (non-hydrogen) atoms. The first-order valence-electron chi connectivity index (χ1n) is 28.4. The molecule has 6 N–H and O–H groups in total. The van der Waals surface area contributed by atoms with Gasteiger partial charge in [0.2, 0.25) is 0 Å². The second-order valence-electron chi connectivity index (χ2n) is 22.7. The van der Waals surface area contributed by atoms with Crippen LogP contribution in [0.5, 0.6) is 0 Å². The fourth-order valence-corrected chi connectivity index (χ4v) is 6.63. The molecule has 0 radical (unpaired) electrons. The van der Waals surface area contributed by atoms with Gasteiger partial charge in [-0.15, -0.1) is 0 Å². The number of unbranched alkanes of at least 4 members (excludes halogenated alkanes) is 4. The number of carbonyl (C=O) groups excluding carboxylic acids is 6. The van der Waals surface area contributed by atoms with Crippen LogP contribution in [0.4, 0.5) is 9.59 Å². The molecule has 0 atom stereocenters. The third kappa shape index (κ3) is 65.4. The van der Waals surface area contributed by atoms with Crippen LogP contribution in [-0.2, 0) is 60.8 Å². The summed E-state index contributed by atoms with van der Waals surface area (Å²) in [4.78, 5) is 73.2. The van der Waals surface area contributed by atoms with E-state index in [2.05, 4.69) is 15.9 Å². The summed E-state index contributed by atoms with van der Waals surface area (Å²) < 4.78 is 31.4. The first-order valence-corrected chi connectivity index (χ1v) is 29.6. The lowest BCUT2D eigenvalue weighted by atomic mass is 10.1. The molecule has 0 aliphatic rings. The number of rotatable bonds is 30. The molecule has 0 saturated heterocycles. The van der Waals surface area contributed by atoms with E-state index >= 15 is 0 Å². The summed E-state index contributed by atoms with van der Waals surface area (Å²) in [6.07, 6.45) is 9.00. The van der Waals surface area contributed by atoms with Crippen molar-refractivity contribution >= 4 is 79.0 Å². The molecule has 0 heterocycles. The van der Waals surface area contributed by atoms with Crippen LogP contribution in [-0.4, -0.2) is 153 Å². The van der Waals surface area contributed by atoms with Gasteiger partial charge in [-0.25, -0.2) is 9.59 Å². The van der Waals surface area contributed by atoms with Crippen LogP contribution in [0.1, 0.15) is 198 Å². The molecule has 19 nitrogen and oxygen atoms in total. The molecule has 22 heteroatoms. The van der Waals surface area contributed by atoms with Crippen LogP contribution in [0.3, 0.4) is 0 Å². The fourth-order valence-electron chi connectivity index (χ4n) is 6.35. The van der Waals surface area contributed by atoms with E-state index in [4.69, 9.17) is 54.6 Å². The Kier molecular flexibility index (Phi) is 60.1. The maximum atomic E-state index is 12.2. The number of carbonyl (C=O) groups is 6. The van der Waals surface area contributed by atoms with Gasteiger partial charge in [-0.1, -0.05) is 103 Å². The summed E-state index contributed by atoms with van der Waals surface area (Å²) in [6.45, 7) is 25.2. The lowest BCUT2D eigenvalue weighted by Crippen LogP contribution is -2.34. The molecule has 0 aliphatic carbocycles. The van der Waals surface area contributed by atoms with E-state index < -0.39 is 23.4 Å². The number of esters is 4. The molecule has 0 aliphatic heterocycles. The van der Waals surface area contributed by atoms with Gasteiger partial charge in [0.1, 0.15) is 35.6 Å². The SMILES string of the molecule is C.CC(C)(C)OC(=O)CCCBr.CC(C)(C)OC(=O)CCCCCCCO.CC(C)(C)OC(=O)CCCN(CCCO)C(=O)OCc1ccccc1.CC(C)(C)OC(=O)CCCN(CCCO)C(=O)OCc1ccccc1.NCCCO.S.S. The Hall–Kier alpha value is -4.16. The highest BCUT2D eigenvalue weighted by molar-refractivity contribution is 9.09. The summed E-state index contributed by atoms with van der Waals surface area (Å²) >= 11 is 3.25. The number of alkyl halides is 1. The minimum atomic E-state index is -0.512. The third-order valence-corrected chi connectivity index (χ3v) is 10.4. The van der Waals surface area contributed by atoms with Crippen LogP contribution in [0.15, 0.2) is 60.7 Å². The van der Waals surface area contributed by atoms with Crippen molar-refractivity contribution in [3.63, 3.8) is 0 Å². The topological polar surface area (TPSA) is 271 Å². The van der Waals surface area contributed by atoms with Gasteiger partial charge in [0.15, 0.2) is 0 Å². The number of hydrogen-bond acceptors (Lipinski definition) is 17. The Bertz CT molecular complexity index is 1810. The lowest BCUT2D eigenvalue weighted by molar-refractivity contribution is -0.156. The molecular formula is C62H114BrN3O16S2. The summed E-state index contributed by atoms with van der Waals surface area (Å²) in [5, 5.41) is 35.4. The van der Waals surface area contributed by atoms with Crippen LogP contribution < -0.4 is 5.73 Å². The minimum absolute atomic E-state index is 0. The molecular weight excluding hydrogens is 1190 g/mol. The first-order chi connectivity index (χ1) is 38.0. The molecule has 492 valence electrons. The zero-order valence-electron chi connectivity index (χ0n) is 52.4. The number of hydrogen-bond donors (Lipinski definition) is 5. The van der Waals surface area contributed by atoms with Gasteiger partial charge in [-0.05, 0) is 152 Å². The molecule has 2 amide bonds. The molecule has 2 rings (SSSR count). The maximum absolute atomic E-state index is 12.2. The van der Waals surface area contributed by atoms with Crippen LogP contribution in [0.2, 0.25) is 0 Å². The Morgan fingerprint density at radius 2 is 0.690 bits per heavy atom. The van der Waals surface area contributed by atoms with Crippen LogP contribution >= 0.6 is 42.9 Å². The van der Waals surface area contributed by atoms with E-state index in [0.29, 0.717) is 71.2 Å². The van der Waals surface area contributed by atoms with E-state index in [9.17, 15) is 28.8 Å². The molecule has 2 aromatic rings. The highest BCUT2D eigenvalue weighted by atomic mass is 79.9. The predicted molar refractivity (Wildman–Crippen MR) is 348 cm³/mol. The van der Waals surface area contributed by atoms with Crippen molar-refractivity contribution in [3.05, 3.63) is 71.8 Å². The van der Waals surface area contributed by atoms with Crippen molar-refractivity contribution in [2.75, 3.05) is 64.5 Å². The van der Waals surface area contributed by atoms with Gasteiger partial charge in [0.25, 0.3) is 0 Å². The van der Waals surface area contributed by atoms with Gasteiger partial charge < -0.3 is 64.4 Å². The largest absolute Gasteiger partial charge is 0.460 e. The average molecular weight is 1300 g/mol. The van der Waals surface area contributed by atoms with Crippen molar-refractivity contribution in [1.29, 1.82) is 0 Å². The predicted octanol–water partition coefficient (Wildman–Crippen LogP) is 11.6. The number of aliphatic hydroxyl groups is 4.